The van der Waals surface area contributed by atoms with Crippen molar-refractivity contribution in [3.05, 3.63) is 36.4 Å². The summed E-state index contributed by atoms with van der Waals surface area (Å²) < 4.78 is 6.56. The lowest BCUT2D eigenvalue weighted by Crippen LogP contribution is -2.61. The van der Waals surface area contributed by atoms with E-state index in [0.29, 0.717) is 21.4 Å². The van der Waals surface area contributed by atoms with E-state index in [0.717, 1.165) is 0 Å². The average molecular weight is 984 g/mol. The van der Waals surface area contributed by atoms with Crippen LogP contribution in [0.4, 0.5) is 4.79 Å². The Morgan fingerprint density at radius 1 is 0.565 bits per heavy atom. The molecule has 30 heteroatoms. The first-order valence-electron chi connectivity index (χ1n) is 20.9. The number of amides is 5. The van der Waals surface area contributed by atoms with Crippen molar-refractivity contribution in [3.8, 4) is 0 Å². The van der Waals surface area contributed by atoms with Crippen LogP contribution in [0.2, 0.25) is 0 Å². The van der Waals surface area contributed by atoms with Crippen molar-refractivity contribution in [2.24, 2.45) is 0 Å². The monoisotopic (exact) mass is 983 g/mol. The number of aromatic nitrogens is 4. The molecule has 1 aliphatic rings. The van der Waals surface area contributed by atoms with Crippen LogP contribution in [-0.2, 0) is 85.6 Å². The molecule has 0 saturated carbocycles. The van der Waals surface area contributed by atoms with Crippen molar-refractivity contribution >= 4 is 71.5 Å². The average Bonchev–Trinajstić information content (AvgIpc) is 3.76. The lowest BCUT2D eigenvalue weighted by Gasteiger charge is -2.33. The minimum absolute atomic E-state index is 0.0619. The van der Waals surface area contributed by atoms with Crippen molar-refractivity contribution in [2.75, 3.05) is 39.8 Å². The molecule has 30 nitrogen and oxygen atoms in total. The largest absolute Gasteiger partial charge is 0.481 e. The van der Waals surface area contributed by atoms with Gasteiger partial charge in [-0.05, 0) is 32.1 Å². The highest BCUT2D eigenvalue weighted by Gasteiger charge is 2.40. The molecule has 5 amide bonds. The second-order valence-corrected chi connectivity index (χ2v) is 16.3. The lowest BCUT2D eigenvalue weighted by atomic mass is 10.1. The van der Waals surface area contributed by atoms with E-state index in [9.17, 15) is 93.3 Å². The standard InChI is InChI=1S/C39H52N10O20/c1-49(13-3-2-4-23(36(63)64)40-26(50)7-5-24(37(65)66)41-39(69)42-25(38(67)68)6-8-31(53)54)20-27-43(14-29(51)47(16-32(55)56)17-33(57)58)9-11-45(27)22-46-12-10-44(28(46)21-49)15-30(52)48(18-34(59)60)19-35(61)62/h9-12,23-25H,2-8,13-22H2,1H3,(H8-3,40,41,42,50,53,54,55,56,57,58,59,60,61,62,63,64,65,66,67,68,69)/p+3. The molecule has 69 heavy (non-hydrogen) atoms. The van der Waals surface area contributed by atoms with E-state index < -0.39 is 155 Å². The normalized spacial score (nSPS) is 13.9. The van der Waals surface area contributed by atoms with Gasteiger partial charge < -0.3 is 71.1 Å². The molecule has 0 bridgehead atoms. The van der Waals surface area contributed by atoms with Gasteiger partial charge in [0.1, 0.15) is 69.1 Å². The summed E-state index contributed by atoms with van der Waals surface area (Å²) in [6, 6.07) is -6.17. The summed E-state index contributed by atoms with van der Waals surface area (Å²) in [4.78, 5) is 145. The maximum absolute atomic E-state index is 13.3. The van der Waals surface area contributed by atoms with Gasteiger partial charge in [0.25, 0.3) is 11.8 Å². The molecule has 0 saturated heterocycles. The number of carboxylic acid groups (broad SMARTS) is 8. The van der Waals surface area contributed by atoms with Crippen LogP contribution in [0.25, 0.3) is 0 Å². The van der Waals surface area contributed by atoms with Gasteiger partial charge in [0.2, 0.25) is 12.6 Å². The number of nitrogens with zero attached hydrogens (tertiary/aromatic N) is 7. The Kier molecular flexibility index (Phi) is 20.1. The summed E-state index contributed by atoms with van der Waals surface area (Å²) in [5, 5.41) is 81.2. The molecule has 0 aromatic carbocycles. The van der Waals surface area contributed by atoms with Crippen molar-refractivity contribution in [1.82, 2.24) is 34.9 Å². The fourth-order valence-electron chi connectivity index (χ4n) is 7.36. The van der Waals surface area contributed by atoms with Crippen molar-refractivity contribution < 1.29 is 112 Å². The first-order valence-corrected chi connectivity index (χ1v) is 20.9. The van der Waals surface area contributed by atoms with Gasteiger partial charge in [-0.15, -0.1) is 0 Å². The highest BCUT2D eigenvalue weighted by molar-refractivity contribution is 5.88. The molecular formula is C39H55N10O20+3. The second-order valence-electron chi connectivity index (χ2n) is 16.3. The van der Waals surface area contributed by atoms with E-state index in [2.05, 4.69) is 5.32 Å². The number of carboxylic acids is 8. The summed E-state index contributed by atoms with van der Waals surface area (Å²) in [6.45, 7) is -3.89. The number of urea groups is 1. The van der Waals surface area contributed by atoms with Gasteiger partial charge >= 0.3 is 65.4 Å². The Bertz CT molecular complexity index is 2180. The van der Waals surface area contributed by atoms with E-state index in [-0.39, 0.29) is 50.0 Å². The van der Waals surface area contributed by atoms with Gasteiger partial charge in [-0.1, -0.05) is 0 Å². The Morgan fingerprint density at radius 3 is 1.33 bits per heavy atom. The Morgan fingerprint density at radius 2 is 0.957 bits per heavy atom. The minimum atomic E-state index is -1.74. The molecule has 0 fully saturated rings. The fourth-order valence-corrected chi connectivity index (χ4v) is 7.36. The van der Waals surface area contributed by atoms with Crippen LogP contribution in [0.5, 0.6) is 0 Å². The van der Waals surface area contributed by atoms with E-state index in [1.807, 2.05) is 10.6 Å². The molecule has 11 N–H and O–H groups in total. The number of carbonyl (C=O) groups is 12. The van der Waals surface area contributed by atoms with Crippen LogP contribution in [-0.4, -0.2) is 194 Å². The minimum Gasteiger partial charge on any atom is -0.481 e. The summed E-state index contributed by atoms with van der Waals surface area (Å²) in [5.41, 5.74) is 0. The number of hydrogen-bond donors (Lipinski definition) is 11. The molecule has 2 aromatic heterocycles. The molecule has 378 valence electrons. The molecule has 0 spiro atoms. The number of unbranched alkanes of at least 4 members (excludes halogenated alkanes) is 1. The third-order valence-electron chi connectivity index (χ3n) is 10.7. The van der Waals surface area contributed by atoms with E-state index in [4.69, 9.17) is 5.11 Å². The van der Waals surface area contributed by atoms with Crippen molar-refractivity contribution in [2.45, 2.75) is 95.9 Å². The number of fused-ring (bicyclic) bond motifs is 2. The van der Waals surface area contributed by atoms with Crippen LogP contribution in [0, 0.1) is 0 Å². The van der Waals surface area contributed by atoms with Crippen LogP contribution in [0.1, 0.15) is 56.6 Å². The molecule has 3 rings (SSSR count). The lowest BCUT2D eigenvalue weighted by molar-refractivity contribution is -0.989. The molecule has 2 aromatic rings. The number of rotatable bonds is 29. The molecule has 3 heterocycles. The summed E-state index contributed by atoms with van der Waals surface area (Å²) >= 11 is 0. The molecular weight excluding hydrogens is 928 g/mol. The number of nitrogens with one attached hydrogen (secondary N) is 3. The Balaban J connectivity index is 1.82. The van der Waals surface area contributed by atoms with Crippen LogP contribution >= 0.6 is 0 Å². The first-order chi connectivity index (χ1) is 32.3. The zero-order valence-corrected chi connectivity index (χ0v) is 37.2. The van der Waals surface area contributed by atoms with Gasteiger partial charge in [0, 0.05) is 12.8 Å². The van der Waals surface area contributed by atoms with Gasteiger partial charge in [-0.2, -0.15) is 9.13 Å². The van der Waals surface area contributed by atoms with Crippen LogP contribution < -0.4 is 25.1 Å². The van der Waals surface area contributed by atoms with E-state index in [1.54, 1.807) is 28.6 Å². The van der Waals surface area contributed by atoms with Crippen molar-refractivity contribution in [1.29, 1.82) is 0 Å². The number of imidazole rings is 2. The number of hydrogen-bond acceptors (Lipinski definition) is 12. The molecule has 3 unspecified atom stereocenters. The van der Waals surface area contributed by atoms with Gasteiger partial charge in [0.05, 0.1) is 13.6 Å². The smallest absolute Gasteiger partial charge is 0.326 e. The molecule has 1 aliphatic heterocycles. The Hall–Kier alpha value is -8.18. The highest BCUT2D eigenvalue weighted by Crippen LogP contribution is 2.20. The van der Waals surface area contributed by atoms with Crippen molar-refractivity contribution in [3.63, 3.8) is 0 Å². The van der Waals surface area contributed by atoms with Crippen LogP contribution in [0.15, 0.2) is 24.8 Å². The summed E-state index contributed by atoms with van der Waals surface area (Å²) in [5.74, 6) is -13.3. The van der Waals surface area contributed by atoms with Crippen LogP contribution in [0.3, 0.4) is 0 Å². The highest BCUT2D eigenvalue weighted by atomic mass is 16.4. The topological polar surface area (TPSA) is 427 Å². The third kappa shape index (κ3) is 17.9. The number of quaternary nitrogens is 1. The first kappa shape index (κ1) is 55.1. The van der Waals surface area contributed by atoms with Gasteiger partial charge in [0.15, 0.2) is 26.2 Å². The fraction of sp³-hybridized carbons (Fsp3) is 0.538. The maximum atomic E-state index is 13.3. The summed E-state index contributed by atoms with van der Waals surface area (Å²) in [6.07, 6.45) is 4.29. The molecule has 0 radical (unpaired) electrons. The third-order valence-corrected chi connectivity index (χ3v) is 10.7. The second kappa shape index (κ2) is 25.1. The number of carbonyl (C=O) groups excluding carboxylic acids is 4. The summed E-state index contributed by atoms with van der Waals surface area (Å²) in [7, 11) is 1.79. The van der Waals surface area contributed by atoms with E-state index in [1.165, 1.54) is 21.5 Å². The van der Waals surface area contributed by atoms with E-state index >= 15 is 0 Å². The van der Waals surface area contributed by atoms with Gasteiger partial charge in [-0.25, -0.2) is 28.3 Å². The maximum Gasteiger partial charge on any atom is 0.326 e. The molecule has 0 aliphatic carbocycles. The Labute approximate surface area is 390 Å². The number of aliphatic carboxylic acids is 8. The SMILES string of the molecule is C[N+]1(CCCCC(NC(=O)CCC(NC(=O)NC(CCC(=O)O)C(=O)O)C(=O)O)C(=O)O)Cc2n(CC(=O)N(CC(=O)O)CC(=O)O)cc[n+]2C[n+]2ccn(CC(=O)N(CC(=O)O)CC(=O)O)c2C1. The zero-order chi connectivity index (χ0) is 51.7. The predicted octanol–water partition coefficient (Wildman–Crippen LogP) is -4.58. The zero-order valence-electron chi connectivity index (χ0n) is 37.2. The predicted molar refractivity (Wildman–Crippen MR) is 221 cm³/mol. The quantitative estimate of drug-likeness (QED) is 0.0208. The van der Waals surface area contributed by atoms with Gasteiger partial charge in [-0.3, -0.25) is 38.4 Å². The molecule has 3 atom stereocenters.